The molecule has 21 heavy (non-hydrogen) atoms. The van der Waals surface area contributed by atoms with Crippen LogP contribution in [0, 0.1) is 0 Å². The highest BCUT2D eigenvalue weighted by Crippen LogP contribution is 2.36. The normalized spacial score (nSPS) is 10.7. The summed E-state index contributed by atoms with van der Waals surface area (Å²) in [6, 6.07) is 3.62. The fourth-order valence-electron chi connectivity index (χ4n) is 2.03. The molecule has 0 saturated carbocycles. The molecule has 1 N–H and O–H groups in total. The van der Waals surface area contributed by atoms with Gasteiger partial charge in [0, 0.05) is 22.6 Å². The number of benzene rings is 1. The third-order valence-corrected chi connectivity index (χ3v) is 3.93. The summed E-state index contributed by atoms with van der Waals surface area (Å²) < 4.78 is 5.93. The molecule has 0 spiro atoms. The van der Waals surface area contributed by atoms with Gasteiger partial charge in [0.2, 0.25) is 0 Å². The van der Waals surface area contributed by atoms with Crippen LogP contribution in [0.15, 0.2) is 22.8 Å². The molecule has 2 aromatic rings. The molecule has 1 heterocycles. The summed E-state index contributed by atoms with van der Waals surface area (Å²) in [6.07, 6.45) is 2.45. The van der Waals surface area contributed by atoms with Crippen molar-refractivity contribution in [3.63, 3.8) is 0 Å². The van der Waals surface area contributed by atoms with Crippen LogP contribution in [0.25, 0.3) is 10.9 Å². The third-order valence-electron chi connectivity index (χ3n) is 2.97. The van der Waals surface area contributed by atoms with Crippen LogP contribution in [0.5, 0.6) is 0 Å². The lowest BCUT2D eigenvalue weighted by Crippen LogP contribution is -2.12. The molecule has 4 nitrogen and oxygen atoms in total. The topological polar surface area (TPSA) is 51.2 Å². The van der Waals surface area contributed by atoms with E-state index in [9.17, 15) is 4.79 Å². The lowest BCUT2D eigenvalue weighted by atomic mass is 10.1. The summed E-state index contributed by atoms with van der Waals surface area (Å²) in [7, 11) is 0. The Morgan fingerprint density at radius 3 is 2.86 bits per heavy atom. The van der Waals surface area contributed by atoms with E-state index in [0.29, 0.717) is 28.4 Å². The van der Waals surface area contributed by atoms with Crippen LogP contribution in [0.2, 0.25) is 5.02 Å². The monoisotopic (exact) mass is 370 g/mol. The molecule has 0 bridgehead atoms. The van der Waals surface area contributed by atoms with Gasteiger partial charge in [-0.15, -0.1) is 0 Å². The number of esters is 1. The number of hydrogen-bond donors (Lipinski definition) is 1. The van der Waals surface area contributed by atoms with Crippen LogP contribution in [0.4, 0.5) is 5.69 Å². The molecule has 2 rings (SSSR count). The number of pyridine rings is 1. The van der Waals surface area contributed by atoms with E-state index in [0.717, 1.165) is 22.8 Å². The Morgan fingerprint density at radius 2 is 2.19 bits per heavy atom. The zero-order chi connectivity index (χ0) is 15.4. The maximum atomic E-state index is 12.1. The van der Waals surface area contributed by atoms with Crippen LogP contribution >= 0.6 is 27.5 Å². The highest BCUT2D eigenvalue weighted by molar-refractivity contribution is 9.10. The molecule has 6 heteroatoms. The molecule has 1 aromatic heterocycles. The maximum Gasteiger partial charge on any atom is 0.341 e. The van der Waals surface area contributed by atoms with Crippen molar-refractivity contribution >= 4 is 50.1 Å². The predicted octanol–water partition coefficient (Wildman–Crippen LogP) is 4.65. The Balaban J connectivity index is 2.69. The van der Waals surface area contributed by atoms with E-state index in [-0.39, 0.29) is 0 Å². The molecule has 0 radical (unpaired) electrons. The molecule has 0 atom stereocenters. The SMILES string of the molecule is CCCNc1c(C(=O)OCC)cnc2c(Cl)ccc(Br)c12. The van der Waals surface area contributed by atoms with E-state index in [2.05, 4.69) is 33.2 Å². The van der Waals surface area contributed by atoms with E-state index in [1.807, 2.05) is 6.07 Å². The van der Waals surface area contributed by atoms with Gasteiger partial charge < -0.3 is 10.1 Å². The summed E-state index contributed by atoms with van der Waals surface area (Å²) in [4.78, 5) is 16.4. The summed E-state index contributed by atoms with van der Waals surface area (Å²) in [6.45, 7) is 4.89. The third kappa shape index (κ3) is 3.30. The molecule has 0 amide bonds. The van der Waals surface area contributed by atoms with Crippen LogP contribution < -0.4 is 5.32 Å². The van der Waals surface area contributed by atoms with Crippen molar-refractivity contribution in [2.75, 3.05) is 18.5 Å². The highest BCUT2D eigenvalue weighted by Gasteiger charge is 2.19. The van der Waals surface area contributed by atoms with E-state index < -0.39 is 5.97 Å². The molecule has 0 aliphatic carbocycles. The average Bonchev–Trinajstić information content (AvgIpc) is 2.48. The van der Waals surface area contributed by atoms with Crippen molar-refractivity contribution < 1.29 is 9.53 Å². The van der Waals surface area contributed by atoms with Gasteiger partial charge in [0.15, 0.2) is 0 Å². The Bertz CT molecular complexity index is 676. The number of nitrogens with zero attached hydrogens (tertiary/aromatic N) is 1. The second-order valence-electron chi connectivity index (χ2n) is 4.45. The number of fused-ring (bicyclic) bond motifs is 1. The number of anilines is 1. The minimum atomic E-state index is -0.391. The molecule has 0 unspecified atom stereocenters. The first kappa shape index (κ1) is 16.0. The number of hydrogen-bond acceptors (Lipinski definition) is 4. The van der Waals surface area contributed by atoms with Gasteiger partial charge in [-0.25, -0.2) is 4.79 Å². The Kier molecular flexibility index (Phi) is 5.42. The largest absolute Gasteiger partial charge is 0.462 e. The minimum Gasteiger partial charge on any atom is -0.462 e. The quantitative estimate of drug-likeness (QED) is 0.777. The van der Waals surface area contributed by atoms with Gasteiger partial charge in [-0.05, 0) is 25.5 Å². The van der Waals surface area contributed by atoms with E-state index in [4.69, 9.17) is 16.3 Å². The first-order valence-corrected chi connectivity index (χ1v) is 7.94. The van der Waals surface area contributed by atoms with Gasteiger partial charge in [-0.1, -0.05) is 34.5 Å². The van der Waals surface area contributed by atoms with E-state index in [1.165, 1.54) is 6.20 Å². The summed E-state index contributed by atoms with van der Waals surface area (Å²) in [5, 5.41) is 4.62. The first-order chi connectivity index (χ1) is 10.1. The van der Waals surface area contributed by atoms with E-state index in [1.54, 1.807) is 13.0 Å². The Morgan fingerprint density at radius 1 is 1.43 bits per heavy atom. The summed E-state index contributed by atoms with van der Waals surface area (Å²) in [5.74, 6) is -0.391. The zero-order valence-electron chi connectivity index (χ0n) is 11.9. The molecule has 0 aliphatic rings. The molecule has 0 fully saturated rings. The smallest absolute Gasteiger partial charge is 0.341 e. The van der Waals surface area contributed by atoms with Crippen LogP contribution in [0.3, 0.4) is 0 Å². The van der Waals surface area contributed by atoms with Crippen molar-refractivity contribution in [1.82, 2.24) is 4.98 Å². The molecule has 0 aliphatic heterocycles. The number of rotatable bonds is 5. The maximum absolute atomic E-state index is 12.1. The lowest BCUT2D eigenvalue weighted by molar-refractivity contribution is 0.0527. The van der Waals surface area contributed by atoms with Crippen molar-refractivity contribution in [1.29, 1.82) is 0 Å². The number of aromatic nitrogens is 1. The predicted molar refractivity (Wildman–Crippen MR) is 89.2 cm³/mol. The molecular weight excluding hydrogens is 356 g/mol. The second-order valence-corrected chi connectivity index (χ2v) is 5.71. The van der Waals surface area contributed by atoms with E-state index >= 15 is 0 Å². The van der Waals surface area contributed by atoms with Gasteiger partial charge in [0.1, 0.15) is 5.56 Å². The zero-order valence-corrected chi connectivity index (χ0v) is 14.2. The van der Waals surface area contributed by atoms with Crippen molar-refractivity contribution in [2.45, 2.75) is 20.3 Å². The lowest BCUT2D eigenvalue weighted by Gasteiger charge is -2.15. The van der Waals surface area contributed by atoms with Crippen LogP contribution in [0.1, 0.15) is 30.6 Å². The fraction of sp³-hybridized carbons (Fsp3) is 0.333. The van der Waals surface area contributed by atoms with Gasteiger partial charge in [0.25, 0.3) is 0 Å². The first-order valence-electron chi connectivity index (χ1n) is 6.77. The van der Waals surface area contributed by atoms with Crippen molar-refractivity contribution in [2.24, 2.45) is 0 Å². The second kappa shape index (κ2) is 7.09. The number of ether oxygens (including phenoxy) is 1. The van der Waals surface area contributed by atoms with Crippen molar-refractivity contribution in [3.05, 3.63) is 33.4 Å². The Hall–Kier alpha value is -1.33. The molecular formula is C15H16BrClN2O2. The molecule has 0 saturated heterocycles. The minimum absolute atomic E-state index is 0.320. The summed E-state index contributed by atoms with van der Waals surface area (Å²) >= 11 is 9.71. The molecule has 112 valence electrons. The van der Waals surface area contributed by atoms with Gasteiger partial charge in [-0.2, -0.15) is 0 Å². The van der Waals surface area contributed by atoms with Crippen molar-refractivity contribution in [3.8, 4) is 0 Å². The van der Waals surface area contributed by atoms with Gasteiger partial charge >= 0.3 is 5.97 Å². The Labute approximate surface area is 137 Å². The average molecular weight is 372 g/mol. The van der Waals surface area contributed by atoms with Gasteiger partial charge in [0.05, 0.1) is 22.8 Å². The fourth-order valence-corrected chi connectivity index (χ4v) is 2.76. The number of nitrogens with one attached hydrogen (secondary N) is 1. The number of carbonyl (C=O) groups excluding carboxylic acids is 1. The summed E-state index contributed by atoms with van der Waals surface area (Å²) in [5.41, 5.74) is 1.77. The highest BCUT2D eigenvalue weighted by atomic mass is 79.9. The number of halogens is 2. The van der Waals surface area contributed by atoms with Gasteiger partial charge in [-0.3, -0.25) is 4.98 Å². The van der Waals surface area contributed by atoms with Crippen LogP contribution in [-0.4, -0.2) is 24.1 Å². The number of carbonyl (C=O) groups is 1. The van der Waals surface area contributed by atoms with Crippen LogP contribution in [-0.2, 0) is 4.74 Å². The standard InChI is InChI=1S/C15H16BrClN2O2/c1-3-7-18-13-9(15(20)21-4-2)8-19-14-11(17)6-5-10(16)12(13)14/h5-6,8H,3-4,7H2,1-2H3,(H,18,19). The molecule has 1 aromatic carbocycles.